The molecule has 7 heteroatoms. The fourth-order valence-corrected chi connectivity index (χ4v) is 3.32. The number of hydrogen-bond acceptors (Lipinski definition) is 5. The summed E-state index contributed by atoms with van der Waals surface area (Å²) in [5.41, 5.74) is 0.604. The molecular formula is C18H27N3O4. The lowest BCUT2D eigenvalue weighted by molar-refractivity contribution is -0.145. The molecule has 0 unspecified atom stereocenters. The summed E-state index contributed by atoms with van der Waals surface area (Å²) in [4.78, 5) is 41.2. The third kappa shape index (κ3) is 3.61. The first kappa shape index (κ1) is 19.2. The second kappa shape index (κ2) is 7.39. The molecule has 138 valence electrons. The average Bonchev–Trinajstić information content (AvgIpc) is 3.01. The number of ether oxygens (including phenoxy) is 1. The second-order valence-electron chi connectivity index (χ2n) is 7.04. The van der Waals surface area contributed by atoms with Crippen LogP contribution < -0.4 is 5.56 Å². The molecule has 0 aromatic carbocycles. The molecule has 1 aliphatic heterocycles. The van der Waals surface area contributed by atoms with Crippen LogP contribution >= 0.6 is 0 Å². The van der Waals surface area contributed by atoms with Gasteiger partial charge in [-0.25, -0.2) is 4.79 Å². The highest BCUT2D eigenvalue weighted by atomic mass is 16.5. The Balaban J connectivity index is 2.40. The summed E-state index contributed by atoms with van der Waals surface area (Å²) in [7, 11) is 6.79. The van der Waals surface area contributed by atoms with Crippen LogP contribution in [0.15, 0.2) is 16.9 Å². The Morgan fingerprint density at radius 1 is 1.28 bits per heavy atom. The number of likely N-dealkylation sites (tertiary alicyclic amines) is 1. The summed E-state index contributed by atoms with van der Waals surface area (Å²) in [6, 6.07) is 2.75. The molecule has 0 N–H and O–H groups in total. The summed E-state index contributed by atoms with van der Waals surface area (Å²) in [6.45, 7) is 4.37. The van der Waals surface area contributed by atoms with Gasteiger partial charge < -0.3 is 19.1 Å². The van der Waals surface area contributed by atoms with Crippen molar-refractivity contribution in [2.75, 3.05) is 27.7 Å². The predicted octanol–water partition coefficient (Wildman–Crippen LogP) is 0.826. The van der Waals surface area contributed by atoms with Gasteiger partial charge >= 0.3 is 5.97 Å². The van der Waals surface area contributed by atoms with E-state index >= 15 is 0 Å². The summed E-state index contributed by atoms with van der Waals surface area (Å²) in [5, 5.41) is 0. The molecule has 1 fully saturated rings. The standard InChI is InChI=1S/C18H27N3O4/c1-11(2)14-8-7-13(16(22)20(14)5)17(23)21-10-12(19(3)4)9-15(21)18(24)25-6/h7-8,11-12,15H,9-10H2,1-6H3/t12-,15+/m1/s1. The number of nitrogens with zero attached hydrogens (tertiary/aromatic N) is 3. The van der Waals surface area contributed by atoms with Crippen LogP contribution in [-0.4, -0.2) is 66.1 Å². The van der Waals surface area contributed by atoms with Crippen molar-refractivity contribution in [2.24, 2.45) is 7.05 Å². The molecule has 0 aliphatic carbocycles. The van der Waals surface area contributed by atoms with E-state index in [1.54, 1.807) is 19.2 Å². The van der Waals surface area contributed by atoms with Crippen molar-refractivity contribution in [3.05, 3.63) is 33.7 Å². The third-order valence-electron chi connectivity index (χ3n) is 4.91. The summed E-state index contributed by atoms with van der Waals surface area (Å²) < 4.78 is 6.35. The van der Waals surface area contributed by atoms with Crippen LogP contribution in [0.1, 0.15) is 42.2 Å². The lowest BCUT2D eigenvalue weighted by Crippen LogP contribution is -2.44. The minimum atomic E-state index is -0.667. The Labute approximate surface area is 148 Å². The Hall–Kier alpha value is -2.15. The number of amides is 1. The maximum absolute atomic E-state index is 13.0. The van der Waals surface area contributed by atoms with E-state index < -0.39 is 17.9 Å². The highest BCUT2D eigenvalue weighted by Gasteiger charge is 2.42. The van der Waals surface area contributed by atoms with E-state index in [0.29, 0.717) is 13.0 Å². The molecule has 2 atom stereocenters. The average molecular weight is 349 g/mol. The van der Waals surface area contributed by atoms with Gasteiger partial charge in [0.05, 0.1) is 7.11 Å². The van der Waals surface area contributed by atoms with Crippen molar-refractivity contribution in [2.45, 2.75) is 38.3 Å². The molecule has 1 aromatic rings. The highest BCUT2D eigenvalue weighted by Crippen LogP contribution is 2.24. The van der Waals surface area contributed by atoms with Crippen molar-refractivity contribution < 1.29 is 14.3 Å². The van der Waals surface area contributed by atoms with Gasteiger partial charge in [-0.15, -0.1) is 0 Å². The van der Waals surface area contributed by atoms with Crippen molar-refractivity contribution in [3.8, 4) is 0 Å². The number of rotatable bonds is 4. The van der Waals surface area contributed by atoms with Crippen molar-refractivity contribution in [3.63, 3.8) is 0 Å². The van der Waals surface area contributed by atoms with Crippen molar-refractivity contribution >= 4 is 11.9 Å². The molecule has 1 aromatic heterocycles. The first-order valence-corrected chi connectivity index (χ1v) is 8.44. The Morgan fingerprint density at radius 3 is 2.44 bits per heavy atom. The van der Waals surface area contributed by atoms with Crippen LogP contribution in [-0.2, 0) is 16.6 Å². The lowest BCUT2D eigenvalue weighted by atomic mass is 10.1. The summed E-state index contributed by atoms with van der Waals surface area (Å²) in [6.07, 6.45) is 0.496. The Kier molecular flexibility index (Phi) is 5.67. The zero-order valence-corrected chi connectivity index (χ0v) is 15.8. The van der Waals surface area contributed by atoms with E-state index in [-0.39, 0.29) is 23.1 Å². The van der Waals surface area contributed by atoms with Gasteiger partial charge in [-0.3, -0.25) is 9.59 Å². The van der Waals surface area contributed by atoms with Gasteiger partial charge in [0.15, 0.2) is 0 Å². The smallest absolute Gasteiger partial charge is 0.328 e. The Morgan fingerprint density at radius 2 is 1.92 bits per heavy atom. The van der Waals surface area contributed by atoms with Crippen LogP contribution in [0, 0.1) is 0 Å². The predicted molar refractivity (Wildman–Crippen MR) is 94.7 cm³/mol. The van der Waals surface area contributed by atoms with E-state index in [9.17, 15) is 14.4 Å². The van der Waals surface area contributed by atoms with Gasteiger partial charge in [0.1, 0.15) is 11.6 Å². The normalized spacial score (nSPS) is 20.4. The molecule has 1 aliphatic rings. The van der Waals surface area contributed by atoms with E-state index in [2.05, 4.69) is 0 Å². The highest BCUT2D eigenvalue weighted by molar-refractivity contribution is 5.97. The number of pyridine rings is 1. The van der Waals surface area contributed by atoms with Crippen LogP contribution in [0.3, 0.4) is 0 Å². The van der Waals surface area contributed by atoms with Gasteiger partial charge in [-0.05, 0) is 38.6 Å². The topological polar surface area (TPSA) is 71.8 Å². The summed E-state index contributed by atoms with van der Waals surface area (Å²) in [5.74, 6) is -0.696. The third-order valence-corrected chi connectivity index (χ3v) is 4.91. The van der Waals surface area contributed by atoms with E-state index in [1.807, 2.05) is 32.8 Å². The molecule has 0 spiro atoms. The minimum Gasteiger partial charge on any atom is -0.467 e. The van der Waals surface area contributed by atoms with Gasteiger partial charge in [0.25, 0.3) is 11.5 Å². The number of carbonyl (C=O) groups is 2. The maximum Gasteiger partial charge on any atom is 0.328 e. The number of likely N-dealkylation sites (N-methyl/N-ethyl adjacent to an activating group) is 1. The largest absolute Gasteiger partial charge is 0.467 e. The van der Waals surface area contributed by atoms with Crippen LogP contribution in [0.4, 0.5) is 0 Å². The van der Waals surface area contributed by atoms with Crippen molar-refractivity contribution in [1.82, 2.24) is 14.4 Å². The van der Waals surface area contributed by atoms with Gasteiger partial charge in [-0.2, -0.15) is 0 Å². The van der Waals surface area contributed by atoms with Crippen molar-refractivity contribution in [1.29, 1.82) is 0 Å². The molecule has 0 radical (unpaired) electrons. The Bertz CT molecular complexity index is 724. The van der Waals surface area contributed by atoms with E-state index in [0.717, 1.165) is 5.69 Å². The van der Waals surface area contributed by atoms with E-state index in [1.165, 1.54) is 16.6 Å². The van der Waals surface area contributed by atoms with Crippen LogP contribution in [0.25, 0.3) is 0 Å². The maximum atomic E-state index is 13.0. The zero-order chi connectivity index (χ0) is 18.9. The monoisotopic (exact) mass is 349 g/mol. The molecule has 2 rings (SSSR count). The fraction of sp³-hybridized carbons (Fsp3) is 0.611. The molecule has 1 amide bonds. The first-order chi connectivity index (χ1) is 11.7. The summed E-state index contributed by atoms with van der Waals surface area (Å²) >= 11 is 0. The van der Waals surface area contributed by atoms with Crippen LogP contribution in [0.5, 0.6) is 0 Å². The van der Waals surface area contributed by atoms with Gasteiger partial charge in [0, 0.05) is 25.3 Å². The zero-order valence-electron chi connectivity index (χ0n) is 15.8. The molecular weight excluding hydrogens is 322 g/mol. The molecule has 0 bridgehead atoms. The molecule has 0 saturated carbocycles. The molecule has 7 nitrogen and oxygen atoms in total. The van der Waals surface area contributed by atoms with E-state index in [4.69, 9.17) is 4.74 Å². The second-order valence-corrected chi connectivity index (χ2v) is 7.04. The first-order valence-electron chi connectivity index (χ1n) is 8.44. The number of hydrogen-bond donors (Lipinski definition) is 0. The van der Waals surface area contributed by atoms with Crippen LogP contribution in [0.2, 0.25) is 0 Å². The lowest BCUT2D eigenvalue weighted by Gasteiger charge is -2.23. The SMILES string of the molecule is COC(=O)[C@@H]1C[C@@H](N(C)C)CN1C(=O)c1ccc(C(C)C)n(C)c1=O. The quantitative estimate of drug-likeness (QED) is 0.753. The molecule has 25 heavy (non-hydrogen) atoms. The number of aromatic nitrogens is 1. The van der Waals surface area contributed by atoms with Gasteiger partial charge in [0.2, 0.25) is 0 Å². The number of methoxy groups -OCH3 is 1. The minimum absolute atomic E-state index is 0.0480. The molecule has 2 heterocycles. The van der Waals surface area contributed by atoms with Gasteiger partial charge in [-0.1, -0.05) is 13.8 Å². The number of esters is 1. The number of carbonyl (C=O) groups excluding carboxylic acids is 2. The fourth-order valence-electron chi connectivity index (χ4n) is 3.32. The molecule has 1 saturated heterocycles.